The molecule has 5 aliphatic rings. The zero-order valence-electron chi connectivity index (χ0n) is 24.8. The third-order valence-corrected chi connectivity index (χ3v) is 11.2. The number of amides is 1. The number of likely N-dealkylation sites (tertiary alicyclic amines) is 1. The van der Waals surface area contributed by atoms with Gasteiger partial charge in [-0.1, -0.05) is 12.1 Å². The van der Waals surface area contributed by atoms with E-state index in [1.807, 2.05) is 23.1 Å². The number of hydrogen-bond acceptors (Lipinski definition) is 8. The normalized spacial score (nSPS) is 25.5. The fourth-order valence-electron chi connectivity index (χ4n) is 7.60. The summed E-state index contributed by atoms with van der Waals surface area (Å²) in [6.07, 6.45) is 5.49. The van der Waals surface area contributed by atoms with Crippen molar-refractivity contribution in [2.24, 2.45) is 5.41 Å². The van der Waals surface area contributed by atoms with E-state index in [1.54, 1.807) is 12.1 Å². The molecule has 8 rings (SSSR count). The van der Waals surface area contributed by atoms with Crippen LogP contribution in [0.3, 0.4) is 0 Å². The highest BCUT2D eigenvalue weighted by Crippen LogP contribution is 2.49. The maximum Gasteiger partial charge on any atom is 0.318 e. The molecule has 44 heavy (non-hydrogen) atoms. The van der Waals surface area contributed by atoms with Crippen LogP contribution >= 0.6 is 22.6 Å². The smallest absolute Gasteiger partial charge is 0.318 e. The largest absolute Gasteiger partial charge is 0.508 e. The number of piperazine rings is 1. The number of benzene rings is 2. The molecule has 4 aliphatic heterocycles. The van der Waals surface area contributed by atoms with Crippen LogP contribution < -0.4 is 15.0 Å². The molecule has 4 fully saturated rings. The highest BCUT2D eigenvalue weighted by atomic mass is 127. The maximum absolute atomic E-state index is 14.1. The quantitative estimate of drug-likeness (QED) is 0.327. The lowest BCUT2D eigenvalue weighted by Gasteiger charge is -2.34. The molecule has 2 N–H and O–H groups in total. The second-order valence-corrected chi connectivity index (χ2v) is 14.7. The van der Waals surface area contributed by atoms with E-state index in [0.29, 0.717) is 56.3 Å². The Kier molecular flexibility index (Phi) is 7.33. The van der Waals surface area contributed by atoms with Crippen LogP contribution in [-0.4, -0.2) is 88.4 Å². The second kappa shape index (κ2) is 11.2. The molecule has 2 aromatic carbocycles. The summed E-state index contributed by atoms with van der Waals surface area (Å²) in [7, 11) is 0. The SMILES string of the molecule is O=C(c1cc(O)cc2cccc(I)c12)N1Cc2nc(OCC3(CCN4CC[C@@H](F)C4)CC3)nc(N3CC4CCC(C3)N4)c2C1. The standard InChI is InChI=1S/C33H38FIN6O3/c34-21-6-10-39(14-21)11-9-33(7-8-33)19-44-32-37-28-18-41(17-26(28)30(38-32)40-15-22-4-5-23(16-40)36-22)31(43)25-13-24(42)12-20-2-1-3-27(35)29(20)25/h1-3,12-13,21-23,36,42H,4-11,14-19H2/t21-,22?,23?/m1/s1. The average molecular weight is 713 g/mol. The minimum absolute atomic E-state index is 0.0790. The number of carbonyl (C=O) groups excluding carboxylic acids is 1. The van der Waals surface area contributed by atoms with E-state index in [-0.39, 0.29) is 17.1 Å². The molecular weight excluding hydrogens is 674 g/mol. The van der Waals surface area contributed by atoms with E-state index < -0.39 is 6.17 Å². The topological polar surface area (TPSA) is 94.1 Å². The number of hydrogen-bond donors (Lipinski definition) is 2. The number of nitrogens with one attached hydrogen (secondary N) is 1. The van der Waals surface area contributed by atoms with Crippen LogP contribution in [0.5, 0.6) is 11.8 Å². The number of carbonyl (C=O) groups is 1. The number of alkyl halides is 1. The molecule has 0 radical (unpaired) electrons. The Balaban J connectivity index is 1.05. The predicted octanol–water partition coefficient (Wildman–Crippen LogP) is 4.63. The van der Waals surface area contributed by atoms with Crippen LogP contribution in [0.15, 0.2) is 30.3 Å². The Hall–Kier alpha value is -2.77. The highest BCUT2D eigenvalue weighted by molar-refractivity contribution is 14.1. The number of phenolic OH excluding ortho intramolecular Hbond substituents is 1. The molecule has 1 aliphatic carbocycles. The third-order valence-electron chi connectivity index (χ3n) is 10.3. The van der Waals surface area contributed by atoms with Gasteiger partial charge in [-0.25, -0.2) is 4.39 Å². The van der Waals surface area contributed by atoms with Gasteiger partial charge in [0.2, 0.25) is 0 Å². The number of halogens is 2. The monoisotopic (exact) mass is 712 g/mol. The number of nitrogens with zero attached hydrogens (tertiary/aromatic N) is 5. The van der Waals surface area contributed by atoms with Crippen molar-refractivity contribution in [1.29, 1.82) is 0 Å². The summed E-state index contributed by atoms with van der Waals surface area (Å²) >= 11 is 2.26. The minimum atomic E-state index is -0.693. The van der Waals surface area contributed by atoms with Gasteiger partial charge in [-0.05, 0) is 91.2 Å². The molecule has 3 atom stereocenters. The van der Waals surface area contributed by atoms with Crippen molar-refractivity contribution in [2.75, 3.05) is 44.2 Å². The molecule has 232 valence electrons. The molecule has 5 heterocycles. The van der Waals surface area contributed by atoms with Crippen LogP contribution in [0.2, 0.25) is 0 Å². The van der Waals surface area contributed by atoms with Crippen LogP contribution in [0, 0.1) is 8.99 Å². The maximum atomic E-state index is 14.1. The molecule has 1 saturated carbocycles. The van der Waals surface area contributed by atoms with Crippen molar-refractivity contribution in [3.63, 3.8) is 0 Å². The van der Waals surface area contributed by atoms with Crippen molar-refractivity contribution in [1.82, 2.24) is 25.1 Å². The van der Waals surface area contributed by atoms with Crippen LogP contribution in [0.25, 0.3) is 10.8 Å². The number of ether oxygens (including phenoxy) is 1. The Morgan fingerprint density at radius 2 is 1.93 bits per heavy atom. The average Bonchev–Trinajstić information content (AvgIpc) is 3.27. The van der Waals surface area contributed by atoms with E-state index in [9.17, 15) is 14.3 Å². The summed E-state index contributed by atoms with van der Waals surface area (Å²) < 4.78 is 21.0. The predicted molar refractivity (Wildman–Crippen MR) is 174 cm³/mol. The first kappa shape index (κ1) is 28.7. The number of aromatic nitrogens is 2. The van der Waals surface area contributed by atoms with Crippen molar-refractivity contribution in [2.45, 2.75) is 69.9 Å². The van der Waals surface area contributed by atoms with Gasteiger partial charge in [-0.2, -0.15) is 9.97 Å². The molecule has 1 amide bonds. The van der Waals surface area contributed by atoms with Gasteiger partial charge < -0.3 is 29.9 Å². The number of aromatic hydroxyl groups is 1. The summed E-state index contributed by atoms with van der Waals surface area (Å²) in [4.78, 5) is 30.4. The van der Waals surface area contributed by atoms with Gasteiger partial charge in [0.25, 0.3) is 5.91 Å². The molecule has 0 spiro atoms. The number of rotatable bonds is 8. The van der Waals surface area contributed by atoms with E-state index in [0.717, 1.165) is 89.7 Å². The van der Waals surface area contributed by atoms with Crippen molar-refractivity contribution >= 4 is 45.1 Å². The molecule has 3 aromatic rings. The third kappa shape index (κ3) is 5.49. The van der Waals surface area contributed by atoms with Crippen molar-refractivity contribution in [3.8, 4) is 11.8 Å². The summed E-state index contributed by atoms with van der Waals surface area (Å²) in [6, 6.07) is 10.4. The summed E-state index contributed by atoms with van der Waals surface area (Å²) in [6.45, 7) is 5.38. The first-order valence-electron chi connectivity index (χ1n) is 15.9. The van der Waals surface area contributed by atoms with Gasteiger partial charge in [0.05, 0.1) is 31.0 Å². The fraction of sp³-hybridized carbons (Fsp3) is 0.545. The number of phenols is 1. The molecule has 11 heteroatoms. The molecule has 3 saturated heterocycles. The van der Waals surface area contributed by atoms with Gasteiger partial charge in [0, 0.05) is 58.2 Å². The highest BCUT2D eigenvalue weighted by Gasteiger charge is 2.44. The molecular formula is C33H38FIN6O3. The van der Waals surface area contributed by atoms with Gasteiger partial charge in [0.1, 0.15) is 17.7 Å². The summed E-state index contributed by atoms with van der Waals surface area (Å²) in [5.74, 6) is 0.830. The van der Waals surface area contributed by atoms with Gasteiger partial charge in [-0.15, -0.1) is 0 Å². The first-order valence-corrected chi connectivity index (χ1v) is 17.0. The van der Waals surface area contributed by atoms with Gasteiger partial charge in [-0.3, -0.25) is 4.79 Å². The number of anilines is 1. The zero-order valence-corrected chi connectivity index (χ0v) is 26.9. The Morgan fingerprint density at radius 3 is 2.68 bits per heavy atom. The molecule has 9 nitrogen and oxygen atoms in total. The molecule has 2 unspecified atom stereocenters. The van der Waals surface area contributed by atoms with E-state index >= 15 is 0 Å². The lowest BCUT2D eigenvalue weighted by atomic mass is 10.0. The minimum Gasteiger partial charge on any atom is -0.508 e. The van der Waals surface area contributed by atoms with E-state index in [1.165, 1.54) is 0 Å². The fourth-order valence-corrected chi connectivity index (χ4v) is 8.41. The summed E-state index contributed by atoms with van der Waals surface area (Å²) in [5.41, 5.74) is 2.43. The molecule has 1 aromatic heterocycles. The van der Waals surface area contributed by atoms with Crippen LogP contribution in [0.4, 0.5) is 10.2 Å². The summed E-state index contributed by atoms with van der Waals surface area (Å²) in [5, 5.41) is 15.9. The number of fused-ring (bicyclic) bond motifs is 4. The molecule has 2 bridgehead atoms. The van der Waals surface area contributed by atoms with Crippen LogP contribution in [0.1, 0.15) is 60.1 Å². The Morgan fingerprint density at radius 1 is 1.11 bits per heavy atom. The van der Waals surface area contributed by atoms with Crippen molar-refractivity contribution in [3.05, 3.63) is 50.7 Å². The second-order valence-electron chi connectivity index (χ2n) is 13.5. The van der Waals surface area contributed by atoms with Gasteiger partial charge >= 0.3 is 6.01 Å². The Bertz CT molecular complexity index is 1610. The van der Waals surface area contributed by atoms with E-state index in [4.69, 9.17) is 14.7 Å². The van der Waals surface area contributed by atoms with E-state index in [2.05, 4.69) is 37.7 Å². The first-order chi connectivity index (χ1) is 21.3. The van der Waals surface area contributed by atoms with Crippen molar-refractivity contribution < 1.29 is 19.0 Å². The van der Waals surface area contributed by atoms with Crippen LogP contribution in [-0.2, 0) is 13.1 Å². The lowest BCUT2D eigenvalue weighted by Crippen LogP contribution is -2.51. The van der Waals surface area contributed by atoms with Gasteiger partial charge in [0.15, 0.2) is 0 Å². The lowest BCUT2D eigenvalue weighted by molar-refractivity contribution is 0.0752. The Labute approximate surface area is 270 Å². The zero-order chi connectivity index (χ0) is 30.0.